The van der Waals surface area contributed by atoms with E-state index in [1.165, 1.54) is 6.33 Å². The second-order valence-corrected chi connectivity index (χ2v) is 7.05. The summed E-state index contributed by atoms with van der Waals surface area (Å²) in [5, 5.41) is 9.50. The van der Waals surface area contributed by atoms with Gasteiger partial charge in [0.15, 0.2) is 0 Å². The molecule has 28 heavy (non-hydrogen) atoms. The van der Waals surface area contributed by atoms with E-state index >= 15 is 0 Å². The molecule has 0 saturated heterocycles. The normalized spacial score (nSPS) is 11.0. The van der Waals surface area contributed by atoms with Gasteiger partial charge in [-0.15, -0.1) is 0 Å². The van der Waals surface area contributed by atoms with E-state index in [0.29, 0.717) is 16.9 Å². The molecule has 0 radical (unpaired) electrons. The lowest BCUT2D eigenvalue weighted by Crippen LogP contribution is -2.27. The number of anilines is 2. The highest BCUT2D eigenvalue weighted by atomic mass is 16.6. The number of rotatable bonds is 4. The summed E-state index contributed by atoms with van der Waals surface area (Å²) in [5.41, 5.74) is 1.76. The monoisotopic (exact) mass is 379 g/mol. The van der Waals surface area contributed by atoms with Crippen LogP contribution in [0.2, 0.25) is 0 Å². The fraction of sp³-hybridized carbons (Fsp3) is 0.200. The second-order valence-electron chi connectivity index (χ2n) is 7.05. The molecular weight excluding hydrogens is 358 g/mol. The molecular formula is C20H21N5O3. The number of aromatic nitrogens is 3. The van der Waals surface area contributed by atoms with Crippen molar-refractivity contribution >= 4 is 23.4 Å². The van der Waals surface area contributed by atoms with Gasteiger partial charge in [0.25, 0.3) is 5.91 Å². The van der Waals surface area contributed by atoms with E-state index in [4.69, 9.17) is 4.74 Å². The van der Waals surface area contributed by atoms with Crippen molar-refractivity contribution in [3.8, 4) is 5.69 Å². The Labute approximate surface area is 162 Å². The number of hydrogen-bond acceptors (Lipinski definition) is 5. The van der Waals surface area contributed by atoms with Crippen molar-refractivity contribution in [2.75, 3.05) is 10.6 Å². The van der Waals surface area contributed by atoms with Crippen molar-refractivity contribution in [3.63, 3.8) is 0 Å². The number of nitrogens with zero attached hydrogens (tertiary/aromatic N) is 3. The highest BCUT2D eigenvalue weighted by Crippen LogP contribution is 2.17. The first-order valence-electron chi connectivity index (χ1n) is 8.67. The maximum Gasteiger partial charge on any atom is 0.412 e. The summed E-state index contributed by atoms with van der Waals surface area (Å²) in [7, 11) is 0. The number of carbonyl (C=O) groups excluding carboxylic acids is 2. The zero-order chi connectivity index (χ0) is 20.1. The van der Waals surface area contributed by atoms with Crippen LogP contribution in [0.3, 0.4) is 0 Å². The van der Waals surface area contributed by atoms with Crippen molar-refractivity contribution in [2.24, 2.45) is 0 Å². The lowest BCUT2D eigenvalue weighted by Gasteiger charge is -2.19. The number of benzene rings is 2. The Bertz CT molecular complexity index is 960. The minimum atomic E-state index is -0.600. The molecule has 2 aromatic carbocycles. The first-order chi connectivity index (χ1) is 13.3. The van der Waals surface area contributed by atoms with Gasteiger partial charge in [0.2, 0.25) is 0 Å². The molecule has 3 aromatic rings. The van der Waals surface area contributed by atoms with Gasteiger partial charge in [-0.1, -0.05) is 6.07 Å². The van der Waals surface area contributed by atoms with E-state index in [1.54, 1.807) is 68.2 Å². The smallest absolute Gasteiger partial charge is 0.412 e. The second kappa shape index (κ2) is 7.91. The zero-order valence-electron chi connectivity index (χ0n) is 15.8. The third-order valence-electron chi connectivity index (χ3n) is 3.58. The molecule has 0 aliphatic carbocycles. The molecule has 3 rings (SSSR count). The summed E-state index contributed by atoms with van der Waals surface area (Å²) in [5.74, 6) is -0.290. The molecule has 1 heterocycles. The number of carbonyl (C=O) groups is 2. The fourth-order valence-corrected chi connectivity index (χ4v) is 2.40. The van der Waals surface area contributed by atoms with Gasteiger partial charge in [0.05, 0.1) is 5.69 Å². The summed E-state index contributed by atoms with van der Waals surface area (Å²) >= 11 is 0. The van der Waals surface area contributed by atoms with Gasteiger partial charge in [-0.05, 0) is 63.2 Å². The van der Waals surface area contributed by atoms with Crippen molar-refractivity contribution in [3.05, 3.63) is 66.7 Å². The molecule has 8 nitrogen and oxygen atoms in total. The largest absolute Gasteiger partial charge is 0.444 e. The molecule has 0 spiro atoms. The van der Waals surface area contributed by atoms with Crippen LogP contribution < -0.4 is 10.6 Å². The Hall–Kier alpha value is -3.68. The zero-order valence-corrected chi connectivity index (χ0v) is 15.8. The summed E-state index contributed by atoms with van der Waals surface area (Å²) < 4.78 is 6.84. The first-order valence-corrected chi connectivity index (χ1v) is 8.67. The fourth-order valence-electron chi connectivity index (χ4n) is 2.40. The third kappa shape index (κ3) is 5.16. The molecule has 0 atom stereocenters. The third-order valence-corrected chi connectivity index (χ3v) is 3.58. The minimum Gasteiger partial charge on any atom is -0.444 e. The summed E-state index contributed by atoms with van der Waals surface area (Å²) in [6, 6.07) is 13.8. The summed E-state index contributed by atoms with van der Waals surface area (Å²) in [4.78, 5) is 28.3. The van der Waals surface area contributed by atoms with Crippen LogP contribution >= 0.6 is 0 Å². The van der Waals surface area contributed by atoms with Gasteiger partial charge in [0.1, 0.15) is 18.3 Å². The Morgan fingerprint density at radius 2 is 1.75 bits per heavy atom. The predicted molar refractivity (Wildman–Crippen MR) is 106 cm³/mol. The van der Waals surface area contributed by atoms with Crippen molar-refractivity contribution < 1.29 is 14.3 Å². The van der Waals surface area contributed by atoms with Crippen LogP contribution in [0.5, 0.6) is 0 Å². The minimum absolute atomic E-state index is 0.290. The van der Waals surface area contributed by atoms with E-state index in [0.717, 1.165) is 5.69 Å². The van der Waals surface area contributed by atoms with Gasteiger partial charge in [-0.2, -0.15) is 5.10 Å². The Kier molecular flexibility index (Phi) is 5.39. The van der Waals surface area contributed by atoms with E-state index < -0.39 is 11.7 Å². The predicted octanol–water partition coefficient (Wildman–Crippen LogP) is 3.87. The highest BCUT2D eigenvalue weighted by Gasteiger charge is 2.16. The SMILES string of the molecule is CC(C)(C)OC(=O)Nc1cccc(C(=O)Nc2ccc(-n3cncn3)cc2)c1. The number of ether oxygens (including phenoxy) is 1. The van der Waals surface area contributed by atoms with E-state index in [-0.39, 0.29) is 5.91 Å². The molecule has 0 aliphatic heterocycles. The quantitative estimate of drug-likeness (QED) is 0.717. The van der Waals surface area contributed by atoms with Gasteiger partial charge in [-0.3, -0.25) is 10.1 Å². The maximum absolute atomic E-state index is 12.5. The standard InChI is InChI=1S/C20H21N5O3/c1-20(2,3)28-19(27)24-16-6-4-5-14(11-16)18(26)23-15-7-9-17(10-8-15)25-13-21-12-22-25/h4-13H,1-3H3,(H,23,26)(H,24,27). The lowest BCUT2D eigenvalue weighted by molar-refractivity contribution is 0.0635. The summed E-state index contributed by atoms with van der Waals surface area (Å²) in [6.07, 6.45) is 2.47. The van der Waals surface area contributed by atoms with Crippen LogP contribution in [0.1, 0.15) is 31.1 Å². The van der Waals surface area contributed by atoms with E-state index in [9.17, 15) is 9.59 Å². The van der Waals surface area contributed by atoms with Gasteiger partial charge < -0.3 is 10.1 Å². The Morgan fingerprint density at radius 3 is 2.39 bits per heavy atom. The Morgan fingerprint density at radius 1 is 1.00 bits per heavy atom. The average Bonchev–Trinajstić information content (AvgIpc) is 3.15. The van der Waals surface area contributed by atoms with Crippen LogP contribution in [0.4, 0.5) is 16.2 Å². The van der Waals surface area contributed by atoms with Crippen molar-refractivity contribution in [2.45, 2.75) is 26.4 Å². The van der Waals surface area contributed by atoms with Gasteiger partial charge in [-0.25, -0.2) is 14.5 Å². The number of hydrogen-bond donors (Lipinski definition) is 2. The van der Waals surface area contributed by atoms with Crippen molar-refractivity contribution in [1.82, 2.24) is 14.8 Å². The van der Waals surface area contributed by atoms with Crippen LogP contribution in [-0.4, -0.2) is 32.4 Å². The van der Waals surface area contributed by atoms with E-state index in [1.807, 2.05) is 12.1 Å². The van der Waals surface area contributed by atoms with Gasteiger partial charge >= 0.3 is 6.09 Å². The molecule has 0 aliphatic rings. The maximum atomic E-state index is 12.5. The van der Waals surface area contributed by atoms with E-state index in [2.05, 4.69) is 20.7 Å². The molecule has 2 N–H and O–H groups in total. The Balaban J connectivity index is 1.65. The van der Waals surface area contributed by atoms with Crippen LogP contribution in [0, 0.1) is 0 Å². The molecule has 0 saturated carbocycles. The molecule has 0 fully saturated rings. The van der Waals surface area contributed by atoms with Crippen molar-refractivity contribution in [1.29, 1.82) is 0 Å². The first kappa shape index (κ1) is 19.1. The lowest BCUT2D eigenvalue weighted by atomic mass is 10.1. The highest BCUT2D eigenvalue weighted by molar-refractivity contribution is 6.05. The molecule has 8 heteroatoms. The van der Waals surface area contributed by atoms with Gasteiger partial charge in [0, 0.05) is 16.9 Å². The van der Waals surface area contributed by atoms with Crippen LogP contribution in [0.15, 0.2) is 61.2 Å². The number of nitrogens with one attached hydrogen (secondary N) is 2. The summed E-state index contributed by atoms with van der Waals surface area (Å²) in [6.45, 7) is 5.35. The molecule has 2 amide bonds. The molecule has 1 aromatic heterocycles. The topological polar surface area (TPSA) is 98.1 Å². The number of amides is 2. The van der Waals surface area contributed by atoms with Crippen LogP contribution in [-0.2, 0) is 4.74 Å². The molecule has 144 valence electrons. The van der Waals surface area contributed by atoms with Crippen LogP contribution in [0.25, 0.3) is 5.69 Å². The molecule has 0 bridgehead atoms. The average molecular weight is 379 g/mol. The molecule has 0 unspecified atom stereocenters.